The minimum absolute atomic E-state index is 0.134. The van der Waals surface area contributed by atoms with Gasteiger partial charge < -0.3 is 15.2 Å². The summed E-state index contributed by atoms with van der Waals surface area (Å²) in [5.74, 6) is 0.132. The molecule has 11 heteroatoms. The highest BCUT2D eigenvalue weighted by atomic mass is 32.2. The summed E-state index contributed by atoms with van der Waals surface area (Å²) in [6.07, 6.45) is -4.70. The van der Waals surface area contributed by atoms with Crippen LogP contribution in [-0.4, -0.2) is 28.2 Å². The number of hydrogen-bond donors (Lipinski definition) is 2. The highest BCUT2D eigenvalue weighted by Crippen LogP contribution is 2.29. The van der Waals surface area contributed by atoms with E-state index in [4.69, 9.17) is 0 Å². The zero-order valence-corrected chi connectivity index (χ0v) is 15.7. The van der Waals surface area contributed by atoms with E-state index >= 15 is 0 Å². The summed E-state index contributed by atoms with van der Waals surface area (Å²) in [4.78, 5) is 27.2. The first kappa shape index (κ1) is 19.6. The molecule has 0 bridgehead atoms. The van der Waals surface area contributed by atoms with E-state index in [1.54, 1.807) is 36.0 Å². The molecule has 7 nitrogen and oxygen atoms in total. The monoisotopic (exact) mass is 424 g/mol. The van der Waals surface area contributed by atoms with Gasteiger partial charge in [0.2, 0.25) is 16.7 Å². The van der Waals surface area contributed by atoms with Gasteiger partial charge in [-0.25, -0.2) is 0 Å². The lowest BCUT2D eigenvalue weighted by Gasteiger charge is -2.26. The molecule has 0 amide bonds. The number of nitrogens with zero attached hydrogens (tertiary/aromatic N) is 2. The Balaban J connectivity index is 1.44. The zero-order valence-electron chi connectivity index (χ0n) is 14.9. The Kier molecular flexibility index (Phi) is 5.17. The molecule has 2 N–H and O–H groups in total. The van der Waals surface area contributed by atoms with Crippen molar-refractivity contribution in [2.45, 2.75) is 18.8 Å². The van der Waals surface area contributed by atoms with Crippen LogP contribution in [0.4, 0.5) is 18.9 Å². The highest BCUT2D eigenvalue weighted by Gasteiger charge is 2.38. The first-order valence-electron chi connectivity index (χ1n) is 8.73. The van der Waals surface area contributed by atoms with Gasteiger partial charge in [-0.3, -0.25) is 9.59 Å². The lowest BCUT2D eigenvalue weighted by Crippen LogP contribution is -2.45. The minimum Gasteiger partial charge on any atom is -0.377 e. The van der Waals surface area contributed by atoms with Crippen molar-refractivity contribution in [2.24, 2.45) is 0 Å². The molecule has 1 aliphatic heterocycles. The number of rotatable bonds is 5. The molecule has 1 fully saturated rings. The number of thioether (sulfide) groups is 1. The third-order valence-electron chi connectivity index (χ3n) is 4.57. The fourth-order valence-corrected chi connectivity index (χ4v) is 4.04. The molecule has 1 unspecified atom stereocenters. The number of aromatic nitrogens is 2. The van der Waals surface area contributed by atoms with Crippen molar-refractivity contribution >= 4 is 17.4 Å². The fraction of sp³-hybridized carbons (Fsp3) is 0.333. The van der Waals surface area contributed by atoms with Crippen molar-refractivity contribution in [3.05, 3.63) is 61.7 Å². The van der Waals surface area contributed by atoms with Crippen LogP contribution in [-0.2, 0) is 12.7 Å². The van der Waals surface area contributed by atoms with E-state index in [0.717, 1.165) is 23.6 Å². The van der Waals surface area contributed by atoms with Gasteiger partial charge in [-0.15, -0.1) is 0 Å². The van der Waals surface area contributed by atoms with Gasteiger partial charge in [0, 0.05) is 41.8 Å². The Morgan fingerprint density at radius 1 is 1.21 bits per heavy atom. The second-order valence-electron chi connectivity index (χ2n) is 6.50. The first-order chi connectivity index (χ1) is 13.8. The van der Waals surface area contributed by atoms with Gasteiger partial charge in [-0.2, -0.15) is 29.9 Å². The van der Waals surface area contributed by atoms with E-state index in [1.807, 2.05) is 0 Å². The molecular weight excluding hydrogens is 409 g/mol. The number of anilines is 1. The second-order valence-corrected chi connectivity index (χ2v) is 7.65. The maximum atomic E-state index is 12.6. The average Bonchev–Trinajstić information content (AvgIpc) is 3.22. The maximum absolute atomic E-state index is 12.6. The maximum Gasteiger partial charge on any atom is 0.471 e. The number of alkyl halides is 3. The van der Waals surface area contributed by atoms with Gasteiger partial charge in [0.25, 0.3) is 0 Å². The van der Waals surface area contributed by atoms with Crippen molar-refractivity contribution in [3.63, 3.8) is 0 Å². The number of halogens is 3. The normalized spacial score (nSPS) is 17.6. The van der Waals surface area contributed by atoms with Crippen LogP contribution in [0.25, 0.3) is 11.4 Å². The molecule has 29 heavy (non-hydrogen) atoms. The average molecular weight is 424 g/mol. The molecule has 1 aliphatic rings. The number of nitrogens with one attached hydrogen (secondary N) is 2. The molecule has 2 aromatic carbocycles. The van der Waals surface area contributed by atoms with Crippen LogP contribution in [0.2, 0.25) is 0 Å². The van der Waals surface area contributed by atoms with Crippen LogP contribution in [0.15, 0.2) is 38.4 Å². The molecule has 1 aromatic heterocycles. The van der Waals surface area contributed by atoms with Crippen LogP contribution >= 0.6 is 11.8 Å². The van der Waals surface area contributed by atoms with Crippen molar-refractivity contribution < 1.29 is 17.7 Å². The molecule has 0 radical (unpaired) electrons. The van der Waals surface area contributed by atoms with E-state index in [1.165, 1.54) is 0 Å². The van der Waals surface area contributed by atoms with E-state index in [-0.39, 0.29) is 18.4 Å². The largest absolute Gasteiger partial charge is 0.471 e. The van der Waals surface area contributed by atoms with Gasteiger partial charge >= 0.3 is 12.1 Å². The first-order valence-corrected chi connectivity index (χ1v) is 9.88. The predicted octanol–water partition coefficient (Wildman–Crippen LogP) is 2.34. The second kappa shape index (κ2) is 7.64. The summed E-state index contributed by atoms with van der Waals surface area (Å²) >= 11 is 1.73. The van der Waals surface area contributed by atoms with Crippen molar-refractivity contribution in [1.29, 1.82) is 0 Å². The molecule has 0 aliphatic carbocycles. The molecule has 0 spiro atoms. The van der Waals surface area contributed by atoms with Crippen LogP contribution < -0.4 is 21.5 Å². The Labute approximate surface area is 166 Å². The van der Waals surface area contributed by atoms with Crippen molar-refractivity contribution in [1.82, 2.24) is 15.5 Å². The molecule has 3 aromatic rings. The van der Waals surface area contributed by atoms with Gasteiger partial charge in [-0.1, -0.05) is 29.4 Å². The molecule has 1 saturated heterocycles. The Morgan fingerprint density at radius 2 is 1.97 bits per heavy atom. The van der Waals surface area contributed by atoms with Crippen LogP contribution in [0.5, 0.6) is 0 Å². The van der Waals surface area contributed by atoms with E-state index in [0.29, 0.717) is 16.8 Å². The van der Waals surface area contributed by atoms with E-state index in [2.05, 4.69) is 25.3 Å². The molecule has 152 valence electrons. The van der Waals surface area contributed by atoms with Gasteiger partial charge in [0.1, 0.15) is 0 Å². The summed E-state index contributed by atoms with van der Waals surface area (Å²) in [6, 6.07) is 6.33. The summed E-state index contributed by atoms with van der Waals surface area (Å²) in [6.45, 7) is 1.07. The molecule has 0 saturated carbocycles. The Bertz CT molecular complexity index is 1080. The van der Waals surface area contributed by atoms with Crippen LogP contribution in [0, 0.1) is 0 Å². The number of hydrogen-bond acceptors (Lipinski definition) is 8. The number of benzene rings is 1. The predicted molar refractivity (Wildman–Crippen MR) is 101 cm³/mol. The molecular formula is C18H15F3N4O3S. The van der Waals surface area contributed by atoms with E-state index in [9.17, 15) is 22.8 Å². The lowest BCUT2D eigenvalue weighted by atomic mass is 9.99. The van der Waals surface area contributed by atoms with Gasteiger partial charge in [-0.05, 0) is 5.56 Å². The Morgan fingerprint density at radius 3 is 2.59 bits per heavy atom. The standard InChI is InChI=1S/C18H15F3N4O3S/c19-18(20,21)17-24-16(25-28-17)10-3-1-9(2-4-10)7-23-13-12(14(26)15(13)27)11-8-29-6-5-22-11/h1-4,11,22-23H,5-8H2. The third-order valence-corrected chi connectivity index (χ3v) is 5.63. The summed E-state index contributed by atoms with van der Waals surface area (Å²) in [5.41, 5.74) is 0.975. The summed E-state index contributed by atoms with van der Waals surface area (Å²) in [7, 11) is 0. The summed E-state index contributed by atoms with van der Waals surface area (Å²) in [5, 5.41) is 9.59. The quantitative estimate of drug-likeness (QED) is 0.603. The zero-order chi connectivity index (χ0) is 20.6. The Hall–Kier alpha value is -2.66. The highest BCUT2D eigenvalue weighted by molar-refractivity contribution is 7.99. The van der Waals surface area contributed by atoms with Gasteiger partial charge in [0.05, 0.1) is 5.69 Å². The molecule has 2 heterocycles. The van der Waals surface area contributed by atoms with Gasteiger partial charge in [0.15, 0.2) is 0 Å². The van der Waals surface area contributed by atoms with Crippen LogP contribution in [0.1, 0.15) is 23.1 Å². The smallest absolute Gasteiger partial charge is 0.377 e. The van der Waals surface area contributed by atoms with Crippen molar-refractivity contribution in [2.75, 3.05) is 23.4 Å². The summed E-state index contributed by atoms with van der Waals surface area (Å²) < 4.78 is 41.9. The lowest BCUT2D eigenvalue weighted by molar-refractivity contribution is -0.159. The van der Waals surface area contributed by atoms with Crippen LogP contribution in [0.3, 0.4) is 0 Å². The van der Waals surface area contributed by atoms with E-state index < -0.39 is 22.9 Å². The van der Waals surface area contributed by atoms with Crippen molar-refractivity contribution in [3.8, 4) is 11.4 Å². The third kappa shape index (κ3) is 3.92. The topological polar surface area (TPSA) is 97.1 Å². The molecule has 1 atom stereocenters. The fourth-order valence-electron chi connectivity index (χ4n) is 3.09. The SMILES string of the molecule is O=c1c(NCc2ccc(-c3noc(C(F)(F)F)n3)cc2)c(C2CSCCN2)c1=O. The molecule has 4 rings (SSSR count). The minimum atomic E-state index is -4.70.